The molecule has 1 saturated heterocycles. The highest BCUT2D eigenvalue weighted by Gasteiger charge is 2.42. The molecule has 2 aromatic carbocycles. The van der Waals surface area contributed by atoms with Gasteiger partial charge in [-0.2, -0.15) is 13.2 Å². The molecule has 1 aliphatic heterocycles. The molecule has 42 heavy (non-hydrogen) atoms. The van der Waals surface area contributed by atoms with Crippen molar-refractivity contribution in [3.05, 3.63) is 112 Å². The number of esters is 2. The van der Waals surface area contributed by atoms with E-state index >= 15 is 0 Å². The van der Waals surface area contributed by atoms with Crippen LogP contribution < -0.4 is 11.2 Å². The molecule has 2 heterocycles. The fourth-order valence-corrected chi connectivity index (χ4v) is 3.93. The molecule has 3 aromatic rings. The fraction of sp³-hybridized carbons (Fsp3) is 0.250. The molecule has 15 nitrogen and oxygen atoms in total. The summed E-state index contributed by atoms with van der Waals surface area (Å²) in [5.74, 6) is -1.99. The molecule has 1 fully saturated rings. The lowest BCUT2D eigenvalue weighted by molar-refractivity contribution is -0.385. The fourth-order valence-electron chi connectivity index (χ4n) is 3.93. The third-order valence-corrected chi connectivity index (χ3v) is 6.03. The number of rotatable bonds is 8. The van der Waals surface area contributed by atoms with Gasteiger partial charge in [-0.15, -0.1) is 0 Å². The summed E-state index contributed by atoms with van der Waals surface area (Å²) >= 11 is 0. The Balaban J connectivity index is 1.57. The molecule has 220 valence electrons. The number of nitro benzene ring substituents is 2. The maximum atomic E-state index is 13.3. The van der Waals surface area contributed by atoms with E-state index in [1.807, 2.05) is 0 Å². The van der Waals surface area contributed by atoms with Gasteiger partial charge in [0.05, 0.1) is 21.0 Å². The first-order valence-electron chi connectivity index (χ1n) is 11.7. The van der Waals surface area contributed by atoms with Crippen molar-refractivity contribution in [3.63, 3.8) is 0 Å². The van der Waals surface area contributed by atoms with E-state index in [0.29, 0.717) is 4.57 Å². The number of nitrogens with one attached hydrogen (secondary N) is 1. The van der Waals surface area contributed by atoms with Crippen molar-refractivity contribution < 1.29 is 46.8 Å². The summed E-state index contributed by atoms with van der Waals surface area (Å²) in [5.41, 5.74) is -5.48. The second kappa shape index (κ2) is 11.6. The van der Waals surface area contributed by atoms with Gasteiger partial charge in [0.1, 0.15) is 30.6 Å². The molecule has 3 atom stereocenters. The Morgan fingerprint density at radius 3 is 1.98 bits per heavy atom. The van der Waals surface area contributed by atoms with Gasteiger partial charge in [0, 0.05) is 36.9 Å². The van der Waals surface area contributed by atoms with Crippen LogP contribution in [0.3, 0.4) is 0 Å². The number of ether oxygens (including phenoxy) is 3. The number of H-pyrrole nitrogens is 1. The van der Waals surface area contributed by atoms with Crippen molar-refractivity contribution in [3.8, 4) is 0 Å². The number of nitrogens with zero attached hydrogens (tertiary/aromatic N) is 3. The Morgan fingerprint density at radius 2 is 1.48 bits per heavy atom. The number of hydrogen-bond donors (Lipinski definition) is 1. The Labute approximate surface area is 230 Å². The van der Waals surface area contributed by atoms with E-state index in [1.165, 1.54) is 0 Å². The van der Waals surface area contributed by atoms with E-state index in [2.05, 4.69) is 0 Å². The zero-order valence-corrected chi connectivity index (χ0v) is 20.8. The van der Waals surface area contributed by atoms with Crippen molar-refractivity contribution in [2.24, 2.45) is 0 Å². The Morgan fingerprint density at radius 1 is 0.952 bits per heavy atom. The van der Waals surface area contributed by atoms with Gasteiger partial charge < -0.3 is 14.2 Å². The van der Waals surface area contributed by atoms with Gasteiger partial charge in [0.15, 0.2) is 0 Å². The van der Waals surface area contributed by atoms with Gasteiger partial charge in [-0.3, -0.25) is 34.6 Å². The largest absolute Gasteiger partial charge is 0.459 e. The van der Waals surface area contributed by atoms with Gasteiger partial charge in [-0.1, -0.05) is 0 Å². The van der Waals surface area contributed by atoms with Crippen molar-refractivity contribution in [1.29, 1.82) is 0 Å². The molecule has 1 aromatic heterocycles. The molecule has 0 spiro atoms. The maximum absolute atomic E-state index is 13.3. The minimum Gasteiger partial charge on any atom is -0.459 e. The molecular formula is C24H17F3N4O11. The van der Waals surface area contributed by atoms with Crippen LogP contribution in [0.15, 0.2) is 64.3 Å². The smallest absolute Gasteiger partial charge is 0.423 e. The average molecular weight is 594 g/mol. The molecule has 0 radical (unpaired) electrons. The summed E-state index contributed by atoms with van der Waals surface area (Å²) in [6.07, 6.45) is -9.49. The number of nitro groups is 2. The van der Waals surface area contributed by atoms with Crippen LogP contribution in [0.5, 0.6) is 0 Å². The molecule has 0 unspecified atom stereocenters. The highest BCUT2D eigenvalue weighted by molar-refractivity contribution is 5.90. The SMILES string of the molecule is O=C(OC[C@H]1O[C@@H](n2cc(C(F)(F)F)c(=O)[nH]c2=O)C[C@H]1OC(=O)c1ccc([N+](=O)[O-])cc1)c1ccc([N+](=O)[O-])cc1. The number of halogens is 3. The van der Waals surface area contributed by atoms with Crippen LogP contribution in [0.1, 0.15) is 38.9 Å². The number of benzene rings is 2. The highest BCUT2D eigenvalue weighted by Crippen LogP contribution is 2.33. The topological polar surface area (TPSA) is 203 Å². The summed E-state index contributed by atoms with van der Waals surface area (Å²) in [6, 6.07) is 8.59. The molecule has 18 heteroatoms. The quantitative estimate of drug-likeness (QED) is 0.228. The summed E-state index contributed by atoms with van der Waals surface area (Å²) in [6.45, 7) is -0.644. The van der Waals surface area contributed by atoms with E-state index in [1.54, 1.807) is 4.98 Å². The van der Waals surface area contributed by atoms with Gasteiger partial charge >= 0.3 is 23.8 Å². The predicted molar refractivity (Wildman–Crippen MR) is 131 cm³/mol. The van der Waals surface area contributed by atoms with E-state index in [9.17, 15) is 52.6 Å². The van der Waals surface area contributed by atoms with E-state index in [-0.39, 0.29) is 28.7 Å². The van der Waals surface area contributed by atoms with E-state index < -0.39 is 76.2 Å². The average Bonchev–Trinajstić information content (AvgIpc) is 3.32. The summed E-state index contributed by atoms with van der Waals surface area (Å²) in [4.78, 5) is 71.1. The Kier molecular flexibility index (Phi) is 8.18. The molecule has 0 saturated carbocycles. The number of hydrogen-bond acceptors (Lipinski definition) is 11. The van der Waals surface area contributed by atoms with Crippen molar-refractivity contribution >= 4 is 23.3 Å². The van der Waals surface area contributed by atoms with Crippen molar-refractivity contribution in [2.75, 3.05) is 6.61 Å². The molecular weight excluding hydrogens is 577 g/mol. The van der Waals surface area contributed by atoms with Crippen LogP contribution in [-0.4, -0.2) is 50.2 Å². The summed E-state index contributed by atoms with van der Waals surface area (Å²) < 4.78 is 56.5. The third kappa shape index (κ3) is 6.49. The second-order valence-corrected chi connectivity index (χ2v) is 8.72. The highest BCUT2D eigenvalue weighted by atomic mass is 19.4. The molecule has 4 rings (SSSR count). The Hall–Kier alpha value is -5.39. The monoisotopic (exact) mass is 594 g/mol. The maximum Gasteiger partial charge on any atom is 0.423 e. The zero-order valence-electron chi connectivity index (χ0n) is 20.8. The molecule has 1 aliphatic rings. The van der Waals surface area contributed by atoms with Gasteiger partial charge in [0.25, 0.3) is 16.9 Å². The predicted octanol–water partition coefficient (Wildman–Crippen LogP) is 2.74. The molecule has 0 amide bonds. The van der Waals surface area contributed by atoms with Gasteiger partial charge in [0.2, 0.25) is 0 Å². The number of carbonyl (C=O) groups excluding carboxylic acids is 2. The molecule has 0 bridgehead atoms. The lowest BCUT2D eigenvalue weighted by atomic mass is 10.1. The summed E-state index contributed by atoms with van der Waals surface area (Å²) in [7, 11) is 0. The van der Waals surface area contributed by atoms with Crippen LogP contribution in [0, 0.1) is 20.2 Å². The molecule has 1 N–H and O–H groups in total. The minimum atomic E-state index is -5.12. The first-order valence-corrected chi connectivity index (χ1v) is 11.7. The Bertz CT molecular complexity index is 1650. The number of alkyl halides is 3. The summed E-state index contributed by atoms with van der Waals surface area (Å²) in [5, 5.41) is 21.7. The number of carbonyl (C=O) groups is 2. The van der Waals surface area contributed by atoms with Gasteiger partial charge in [-0.05, 0) is 24.3 Å². The van der Waals surface area contributed by atoms with Crippen LogP contribution >= 0.6 is 0 Å². The van der Waals surface area contributed by atoms with Crippen LogP contribution in [0.25, 0.3) is 0 Å². The minimum absolute atomic E-state index is 0.0961. The number of non-ortho nitro benzene ring substituents is 2. The van der Waals surface area contributed by atoms with Gasteiger partial charge in [-0.25, -0.2) is 14.4 Å². The normalized spacial score (nSPS) is 18.3. The van der Waals surface area contributed by atoms with E-state index in [0.717, 1.165) is 48.5 Å². The van der Waals surface area contributed by atoms with E-state index in [4.69, 9.17) is 14.2 Å². The van der Waals surface area contributed by atoms with Crippen LogP contribution in [0.4, 0.5) is 24.5 Å². The zero-order chi connectivity index (χ0) is 30.8. The standard InChI is InChI=1S/C24H17F3N4O11/c25-24(26,27)16-10-29(23(35)28-20(16)32)19-9-17(42-22(34)13-3-7-15(8-4-13)31(38)39)18(41-19)11-40-21(33)12-1-5-14(6-2-12)30(36)37/h1-8,10,17-19H,9,11H2,(H,28,32,35)/t17-,18-,19-/m1/s1. The number of aromatic nitrogens is 2. The van der Waals surface area contributed by atoms with Crippen molar-refractivity contribution in [1.82, 2.24) is 9.55 Å². The first-order chi connectivity index (χ1) is 19.7. The van der Waals surface area contributed by atoms with Crippen LogP contribution in [0.2, 0.25) is 0 Å². The molecule has 0 aliphatic carbocycles. The lowest BCUT2D eigenvalue weighted by Crippen LogP contribution is -2.36. The second-order valence-electron chi connectivity index (χ2n) is 8.72. The van der Waals surface area contributed by atoms with Crippen LogP contribution in [-0.2, 0) is 20.4 Å². The lowest BCUT2D eigenvalue weighted by Gasteiger charge is -2.19. The number of aromatic amines is 1. The third-order valence-electron chi connectivity index (χ3n) is 6.03. The van der Waals surface area contributed by atoms with Crippen molar-refractivity contribution in [2.45, 2.75) is 31.0 Å². The first kappa shape index (κ1) is 29.6.